The van der Waals surface area contributed by atoms with E-state index >= 15 is 0 Å². The van der Waals surface area contributed by atoms with Crippen LogP contribution in [0.25, 0.3) is 21.8 Å². The number of rotatable bonds is 4. The van der Waals surface area contributed by atoms with Gasteiger partial charge >= 0.3 is 0 Å². The van der Waals surface area contributed by atoms with Crippen LogP contribution >= 0.6 is 22.9 Å². The van der Waals surface area contributed by atoms with Crippen LogP contribution in [0.4, 0.5) is 5.69 Å². The van der Waals surface area contributed by atoms with Crippen molar-refractivity contribution in [2.45, 2.75) is 6.92 Å². The van der Waals surface area contributed by atoms with Gasteiger partial charge in [-0.05, 0) is 43.3 Å². The van der Waals surface area contributed by atoms with Crippen LogP contribution in [0.15, 0.2) is 78.9 Å². The van der Waals surface area contributed by atoms with Gasteiger partial charge in [0.2, 0.25) is 0 Å². The zero-order valence-corrected chi connectivity index (χ0v) is 16.7. The van der Waals surface area contributed by atoms with Crippen molar-refractivity contribution in [1.82, 2.24) is 4.98 Å². The van der Waals surface area contributed by atoms with Crippen LogP contribution in [0.3, 0.4) is 0 Å². The number of hydrogen-bond acceptors (Lipinski definition) is 3. The number of carbonyl (C=O) groups excluding carboxylic acids is 1. The van der Waals surface area contributed by atoms with Gasteiger partial charge in [0.05, 0.1) is 5.69 Å². The Balaban J connectivity index is 1.53. The maximum Gasteiger partial charge on any atom is 0.255 e. The zero-order chi connectivity index (χ0) is 19.5. The van der Waals surface area contributed by atoms with E-state index in [1.807, 2.05) is 42.5 Å². The van der Waals surface area contributed by atoms with Crippen molar-refractivity contribution >= 4 is 34.5 Å². The predicted molar refractivity (Wildman–Crippen MR) is 117 cm³/mol. The summed E-state index contributed by atoms with van der Waals surface area (Å²) >= 11 is 7.55. The molecule has 0 aliphatic carbocycles. The monoisotopic (exact) mass is 404 g/mol. The molecule has 5 heteroatoms. The molecule has 0 fully saturated rings. The molecule has 138 valence electrons. The Hall–Kier alpha value is -2.95. The molecular weight excluding hydrogens is 388 g/mol. The lowest BCUT2D eigenvalue weighted by Crippen LogP contribution is -2.11. The molecule has 1 N–H and O–H groups in total. The summed E-state index contributed by atoms with van der Waals surface area (Å²) in [7, 11) is 0. The van der Waals surface area contributed by atoms with E-state index in [-0.39, 0.29) is 5.91 Å². The minimum atomic E-state index is -0.166. The Labute approximate surface area is 172 Å². The number of aryl methyl sites for hydroxylation is 1. The lowest BCUT2D eigenvalue weighted by atomic mass is 10.1. The second-order valence-electron chi connectivity index (χ2n) is 6.33. The summed E-state index contributed by atoms with van der Waals surface area (Å²) in [5.74, 6) is -0.166. The minimum absolute atomic E-state index is 0.166. The Morgan fingerprint density at radius 1 is 0.893 bits per heavy atom. The van der Waals surface area contributed by atoms with Crippen LogP contribution in [0.5, 0.6) is 0 Å². The number of aromatic nitrogens is 1. The number of amides is 1. The van der Waals surface area contributed by atoms with Gasteiger partial charge in [0.15, 0.2) is 0 Å². The molecule has 3 aromatic carbocycles. The van der Waals surface area contributed by atoms with Crippen LogP contribution < -0.4 is 5.32 Å². The summed E-state index contributed by atoms with van der Waals surface area (Å²) in [6, 6.07) is 24.7. The van der Waals surface area contributed by atoms with Gasteiger partial charge < -0.3 is 5.32 Å². The molecule has 0 saturated carbocycles. The molecule has 0 radical (unpaired) electrons. The molecule has 0 unspecified atom stereocenters. The first kappa shape index (κ1) is 18.4. The summed E-state index contributed by atoms with van der Waals surface area (Å²) in [6.45, 7) is 2.08. The highest BCUT2D eigenvalue weighted by Crippen LogP contribution is 2.33. The average Bonchev–Trinajstić information content (AvgIpc) is 3.11. The molecule has 1 amide bonds. The van der Waals surface area contributed by atoms with Gasteiger partial charge in [-0.15, -0.1) is 11.3 Å². The summed E-state index contributed by atoms with van der Waals surface area (Å²) in [5.41, 5.74) is 4.42. The number of nitrogens with one attached hydrogen (secondary N) is 1. The summed E-state index contributed by atoms with van der Waals surface area (Å²) < 4.78 is 0. The highest BCUT2D eigenvalue weighted by Gasteiger charge is 2.12. The standard InChI is InChI=1S/C23H17ClN2OS/c1-15-21(26-23(28-15)18-5-3-2-4-6-18)16-9-13-20(14-10-16)25-22(27)17-7-11-19(24)12-8-17/h2-14H,1H3,(H,25,27). The lowest BCUT2D eigenvalue weighted by Gasteiger charge is -2.06. The highest BCUT2D eigenvalue weighted by molar-refractivity contribution is 7.15. The van der Waals surface area contributed by atoms with Gasteiger partial charge in [-0.2, -0.15) is 0 Å². The molecule has 1 heterocycles. The van der Waals surface area contributed by atoms with E-state index < -0.39 is 0 Å². The molecule has 0 aliphatic rings. The van der Waals surface area contributed by atoms with Gasteiger partial charge in [0.25, 0.3) is 5.91 Å². The topological polar surface area (TPSA) is 42.0 Å². The number of halogens is 1. The lowest BCUT2D eigenvalue weighted by molar-refractivity contribution is 0.102. The summed E-state index contributed by atoms with van der Waals surface area (Å²) in [6.07, 6.45) is 0. The number of nitrogens with zero attached hydrogens (tertiary/aromatic N) is 1. The van der Waals surface area contributed by atoms with Crippen LogP contribution in [-0.4, -0.2) is 10.9 Å². The smallest absolute Gasteiger partial charge is 0.255 e. The van der Waals surface area contributed by atoms with Crippen LogP contribution in [0, 0.1) is 6.92 Å². The first-order valence-electron chi connectivity index (χ1n) is 8.80. The first-order valence-corrected chi connectivity index (χ1v) is 10.00. The minimum Gasteiger partial charge on any atom is -0.322 e. The Morgan fingerprint density at radius 2 is 1.57 bits per heavy atom. The molecule has 0 aliphatic heterocycles. The Kier molecular flexibility index (Phi) is 5.24. The molecule has 0 atom stereocenters. The molecular formula is C23H17ClN2OS. The first-order chi connectivity index (χ1) is 13.6. The maximum atomic E-state index is 12.3. The summed E-state index contributed by atoms with van der Waals surface area (Å²) in [5, 5.41) is 4.52. The van der Waals surface area contributed by atoms with E-state index in [0.29, 0.717) is 10.6 Å². The van der Waals surface area contributed by atoms with Crippen molar-refractivity contribution in [3.8, 4) is 21.8 Å². The molecule has 1 aromatic heterocycles. The van der Waals surface area contributed by atoms with Crippen molar-refractivity contribution in [3.63, 3.8) is 0 Å². The zero-order valence-electron chi connectivity index (χ0n) is 15.1. The normalized spacial score (nSPS) is 10.6. The van der Waals surface area contributed by atoms with E-state index in [1.165, 1.54) is 0 Å². The second-order valence-corrected chi connectivity index (χ2v) is 7.97. The van der Waals surface area contributed by atoms with E-state index in [1.54, 1.807) is 35.6 Å². The van der Waals surface area contributed by atoms with Gasteiger partial charge in [0.1, 0.15) is 5.01 Å². The van der Waals surface area contributed by atoms with Gasteiger partial charge in [0, 0.05) is 32.3 Å². The van der Waals surface area contributed by atoms with Gasteiger partial charge in [-0.25, -0.2) is 4.98 Å². The molecule has 0 bridgehead atoms. The van der Waals surface area contributed by atoms with Crippen LogP contribution in [-0.2, 0) is 0 Å². The second kappa shape index (κ2) is 7.97. The SMILES string of the molecule is Cc1sc(-c2ccccc2)nc1-c1ccc(NC(=O)c2ccc(Cl)cc2)cc1. The molecule has 4 aromatic rings. The summed E-state index contributed by atoms with van der Waals surface area (Å²) in [4.78, 5) is 18.3. The third kappa shape index (κ3) is 3.98. The molecule has 0 spiro atoms. The van der Waals surface area contributed by atoms with Crippen molar-refractivity contribution in [2.24, 2.45) is 0 Å². The van der Waals surface area contributed by atoms with Crippen molar-refractivity contribution in [1.29, 1.82) is 0 Å². The third-order valence-electron chi connectivity index (χ3n) is 4.34. The maximum absolute atomic E-state index is 12.3. The predicted octanol–water partition coefficient (Wildman–Crippen LogP) is 6.69. The molecule has 28 heavy (non-hydrogen) atoms. The molecule has 4 rings (SSSR count). The number of anilines is 1. The molecule has 3 nitrogen and oxygen atoms in total. The van der Waals surface area contributed by atoms with Crippen LogP contribution in [0.1, 0.15) is 15.2 Å². The van der Waals surface area contributed by atoms with Gasteiger partial charge in [-0.1, -0.05) is 54.1 Å². The third-order valence-corrected chi connectivity index (χ3v) is 5.61. The average molecular weight is 405 g/mol. The van der Waals surface area contributed by atoms with Gasteiger partial charge in [-0.3, -0.25) is 4.79 Å². The number of benzene rings is 3. The molecule has 0 saturated heterocycles. The van der Waals surface area contributed by atoms with Crippen LogP contribution in [0.2, 0.25) is 5.02 Å². The number of hydrogen-bond donors (Lipinski definition) is 1. The van der Waals surface area contributed by atoms with Crippen molar-refractivity contribution in [3.05, 3.63) is 94.3 Å². The Morgan fingerprint density at radius 3 is 2.25 bits per heavy atom. The largest absolute Gasteiger partial charge is 0.322 e. The fraction of sp³-hybridized carbons (Fsp3) is 0.0435. The van der Waals surface area contributed by atoms with Crippen molar-refractivity contribution < 1.29 is 4.79 Å². The van der Waals surface area contributed by atoms with E-state index in [9.17, 15) is 4.79 Å². The van der Waals surface area contributed by atoms with E-state index in [0.717, 1.165) is 32.4 Å². The van der Waals surface area contributed by atoms with E-state index in [4.69, 9.17) is 16.6 Å². The number of carbonyl (C=O) groups is 1. The van der Waals surface area contributed by atoms with Crippen molar-refractivity contribution in [2.75, 3.05) is 5.32 Å². The quantitative estimate of drug-likeness (QED) is 0.411. The van der Waals surface area contributed by atoms with E-state index in [2.05, 4.69) is 24.4 Å². The Bertz CT molecular complexity index is 1100. The fourth-order valence-electron chi connectivity index (χ4n) is 2.88. The highest BCUT2D eigenvalue weighted by atomic mass is 35.5. The number of thiazole rings is 1. The fourth-order valence-corrected chi connectivity index (χ4v) is 3.95.